The number of hydrogen-bond acceptors (Lipinski definition) is 3. The van der Waals surface area contributed by atoms with Gasteiger partial charge in [0.15, 0.2) is 0 Å². The minimum absolute atomic E-state index is 0.694. The molecule has 1 spiro atoms. The molecule has 2 aliphatic rings. The first-order chi connectivity index (χ1) is 25.8. The van der Waals surface area contributed by atoms with E-state index in [0.717, 1.165) is 73.3 Å². The summed E-state index contributed by atoms with van der Waals surface area (Å²) in [6, 6.07) is 62.0. The van der Waals surface area contributed by atoms with Crippen molar-refractivity contribution in [3.8, 4) is 51.1 Å². The molecule has 0 saturated carbocycles. The SMILES string of the molecule is c1ccc(-n2c3ccccc3c3cc(-c4cccc5c4Oc4ccccc4C54c5ccccc5Oc5cc(-c6ccccn6)ccc54)ccc32)cc1. The molecule has 1 atom stereocenters. The minimum atomic E-state index is -0.694. The molecule has 0 bridgehead atoms. The van der Waals surface area contributed by atoms with Crippen molar-refractivity contribution in [1.29, 1.82) is 0 Å². The summed E-state index contributed by atoms with van der Waals surface area (Å²) in [5.41, 5.74) is 11.2. The fourth-order valence-electron chi connectivity index (χ4n) is 8.60. The molecule has 0 amide bonds. The minimum Gasteiger partial charge on any atom is -0.457 e. The van der Waals surface area contributed by atoms with E-state index in [0.29, 0.717) is 0 Å². The highest BCUT2D eigenvalue weighted by Crippen LogP contribution is 2.62. The molecule has 0 saturated heterocycles. The van der Waals surface area contributed by atoms with Crippen molar-refractivity contribution < 1.29 is 9.47 Å². The zero-order valence-corrected chi connectivity index (χ0v) is 28.0. The maximum atomic E-state index is 7.03. The van der Waals surface area contributed by atoms with Crippen LogP contribution in [0.25, 0.3) is 49.9 Å². The summed E-state index contributed by atoms with van der Waals surface area (Å²) in [4.78, 5) is 4.65. The zero-order chi connectivity index (χ0) is 34.2. The number of aromatic nitrogens is 2. The highest BCUT2D eigenvalue weighted by molar-refractivity contribution is 6.10. The van der Waals surface area contributed by atoms with E-state index < -0.39 is 5.41 Å². The van der Waals surface area contributed by atoms with Crippen molar-refractivity contribution in [2.45, 2.75) is 5.41 Å². The van der Waals surface area contributed by atoms with Gasteiger partial charge in [-0.2, -0.15) is 0 Å². The van der Waals surface area contributed by atoms with Crippen molar-refractivity contribution in [3.05, 3.63) is 204 Å². The Kier molecular flexibility index (Phi) is 6.13. The average molecular weight is 667 g/mol. The van der Waals surface area contributed by atoms with Crippen LogP contribution in [-0.4, -0.2) is 9.55 Å². The lowest BCUT2D eigenvalue weighted by Gasteiger charge is -2.45. The third-order valence-corrected chi connectivity index (χ3v) is 10.8. The summed E-state index contributed by atoms with van der Waals surface area (Å²) in [5.74, 6) is 3.32. The Labute approximate surface area is 300 Å². The third kappa shape index (κ3) is 4.00. The average Bonchev–Trinajstić information content (AvgIpc) is 3.55. The summed E-state index contributed by atoms with van der Waals surface area (Å²) in [6.07, 6.45) is 1.83. The molecule has 4 heterocycles. The Bertz CT molecular complexity index is 2850. The Morgan fingerprint density at radius 2 is 1.12 bits per heavy atom. The molecule has 11 rings (SSSR count). The molecule has 7 aromatic carbocycles. The number of hydrogen-bond donors (Lipinski definition) is 0. The largest absolute Gasteiger partial charge is 0.457 e. The summed E-state index contributed by atoms with van der Waals surface area (Å²) >= 11 is 0. The van der Waals surface area contributed by atoms with E-state index >= 15 is 0 Å². The molecule has 52 heavy (non-hydrogen) atoms. The van der Waals surface area contributed by atoms with Gasteiger partial charge in [0.25, 0.3) is 0 Å². The van der Waals surface area contributed by atoms with Crippen LogP contribution in [0.1, 0.15) is 22.3 Å². The van der Waals surface area contributed by atoms with Crippen molar-refractivity contribution >= 4 is 21.8 Å². The fraction of sp³-hybridized carbons (Fsp3) is 0.0208. The van der Waals surface area contributed by atoms with Gasteiger partial charge in [0.05, 0.1) is 22.1 Å². The Hall–Kier alpha value is -6.91. The second-order valence-electron chi connectivity index (χ2n) is 13.5. The van der Waals surface area contributed by atoms with Gasteiger partial charge in [0.1, 0.15) is 23.0 Å². The van der Waals surface area contributed by atoms with E-state index in [1.54, 1.807) is 0 Å². The third-order valence-electron chi connectivity index (χ3n) is 10.8. The smallest absolute Gasteiger partial charge is 0.140 e. The Morgan fingerprint density at radius 3 is 1.94 bits per heavy atom. The number of nitrogens with zero attached hydrogens (tertiary/aromatic N) is 2. The second kappa shape index (κ2) is 11.0. The molecule has 9 aromatic rings. The maximum Gasteiger partial charge on any atom is 0.140 e. The number of rotatable bonds is 3. The van der Waals surface area contributed by atoms with E-state index in [1.165, 1.54) is 21.8 Å². The number of pyridine rings is 1. The van der Waals surface area contributed by atoms with Crippen LogP contribution >= 0.6 is 0 Å². The van der Waals surface area contributed by atoms with Gasteiger partial charge in [-0.3, -0.25) is 4.98 Å². The van der Waals surface area contributed by atoms with Crippen LogP contribution in [0, 0.1) is 0 Å². The van der Waals surface area contributed by atoms with Crippen LogP contribution in [-0.2, 0) is 5.41 Å². The zero-order valence-electron chi connectivity index (χ0n) is 28.0. The van der Waals surface area contributed by atoms with Crippen molar-refractivity contribution in [2.24, 2.45) is 0 Å². The first kappa shape index (κ1) is 28.9. The summed E-state index contributed by atoms with van der Waals surface area (Å²) < 4.78 is 16.2. The van der Waals surface area contributed by atoms with Gasteiger partial charge < -0.3 is 14.0 Å². The van der Waals surface area contributed by atoms with Gasteiger partial charge in [-0.25, -0.2) is 0 Å². The predicted octanol–water partition coefficient (Wildman–Crippen LogP) is 12.1. The van der Waals surface area contributed by atoms with E-state index in [-0.39, 0.29) is 0 Å². The number of ether oxygens (including phenoxy) is 2. The van der Waals surface area contributed by atoms with E-state index in [4.69, 9.17) is 9.47 Å². The quantitative estimate of drug-likeness (QED) is 0.188. The molecule has 1 unspecified atom stereocenters. The van der Waals surface area contributed by atoms with Crippen LogP contribution in [0.5, 0.6) is 23.0 Å². The van der Waals surface area contributed by atoms with Crippen LogP contribution in [0.4, 0.5) is 0 Å². The molecule has 0 radical (unpaired) electrons. The van der Waals surface area contributed by atoms with Crippen molar-refractivity contribution in [1.82, 2.24) is 9.55 Å². The molecule has 4 nitrogen and oxygen atoms in total. The number of para-hydroxylation sites is 5. The maximum absolute atomic E-state index is 7.03. The monoisotopic (exact) mass is 666 g/mol. The van der Waals surface area contributed by atoms with Crippen LogP contribution < -0.4 is 9.47 Å². The normalized spacial score (nSPS) is 15.3. The first-order valence-electron chi connectivity index (χ1n) is 17.6. The van der Waals surface area contributed by atoms with Gasteiger partial charge >= 0.3 is 0 Å². The Balaban J connectivity index is 1.18. The predicted molar refractivity (Wildman–Crippen MR) is 208 cm³/mol. The lowest BCUT2D eigenvalue weighted by atomic mass is 9.62. The lowest BCUT2D eigenvalue weighted by molar-refractivity contribution is 0.400. The number of benzene rings is 7. The van der Waals surface area contributed by atoms with E-state index in [1.807, 2.05) is 30.5 Å². The lowest BCUT2D eigenvalue weighted by Crippen LogP contribution is -2.37. The molecule has 2 aromatic heterocycles. The standard InChI is InChI=1S/C48H30N2O2/c1-2-13-33(14-3-1)50-42-21-7-4-15-35(42)36-29-31(25-27-43(36)50)34-16-12-19-40-47(34)52-45-23-9-6-18-38(45)48(40)37-17-5-8-22-44(37)51-46-30-32(24-26-39(46)48)41-20-10-11-28-49-41/h1-30H. The molecular weight excluding hydrogens is 637 g/mol. The Morgan fingerprint density at radius 1 is 0.442 bits per heavy atom. The van der Waals surface area contributed by atoms with Crippen molar-refractivity contribution in [2.75, 3.05) is 0 Å². The van der Waals surface area contributed by atoms with Crippen LogP contribution in [0.2, 0.25) is 0 Å². The highest BCUT2D eigenvalue weighted by atomic mass is 16.5. The topological polar surface area (TPSA) is 36.3 Å². The first-order valence-corrected chi connectivity index (χ1v) is 17.6. The molecule has 4 heteroatoms. The van der Waals surface area contributed by atoms with Gasteiger partial charge in [-0.1, -0.05) is 115 Å². The highest BCUT2D eigenvalue weighted by Gasteiger charge is 2.51. The molecular formula is C48H30N2O2. The summed E-state index contributed by atoms with van der Waals surface area (Å²) in [6.45, 7) is 0. The van der Waals surface area contributed by atoms with E-state index in [9.17, 15) is 0 Å². The summed E-state index contributed by atoms with van der Waals surface area (Å²) in [5, 5.41) is 2.41. The molecule has 0 N–H and O–H groups in total. The van der Waals surface area contributed by atoms with Gasteiger partial charge in [-0.15, -0.1) is 0 Å². The van der Waals surface area contributed by atoms with Crippen LogP contribution in [0.15, 0.2) is 182 Å². The second-order valence-corrected chi connectivity index (χ2v) is 13.5. The van der Waals surface area contributed by atoms with Gasteiger partial charge in [0, 0.05) is 56.0 Å². The van der Waals surface area contributed by atoms with E-state index in [2.05, 4.69) is 161 Å². The molecule has 2 aliphatic heterocycles. The summed E-state index contributed by atoms with van der Waals surface area (Å²) in [7, 11) is 0. The van der Waals surface area contributed by atoms with Gasteiger partial charge in [-0.05, 0) is 66.2 Å². The fourth-order valence-corrected chi connectivity index (χ4v) is 8.60. The molecule has 0 fully saturated rings. The molecule has 244 valence electrons. The molecule has 0 aliphatic carbocycles. The van der Waals surface area contributed by atoms with Gasteiger partial charge in [0.2, 0.25) is 0 Å². The number of fused-ring (bicyclic) bond motifs is 11. The van der Waals surface area contributed by atoms with Crippen molar-refractivity contribution in [3.63, 3.8) is 0 Å². The van der Waals surface area contributed by atoms with Crippen LogP contribution in [0.3, 0.4) is 0 Å².